The quantitative estimate of drug-likeness (QED) is 0.418. The van der Waals surface area contributed by atoms with Crippen LogP contribution in [0.3, 0.4) is 0 Å². The smallest absolute Gasteiger partial charge is 0.238 e. The minimum Gasteiger partial charge on any atom is -0.371 e. The van der Waals surface area contributed by atoms with Crippen molar-refractivity contribution >= 4 is 17.4 Å². The molecular weight excluding hydrogens is 369 g/mol. The lowest BCUT2D eigenvalue weighted by molar-refractivity contribution is -0.120. The standard InChI is InChI=1S/C22H30FN5O/c1-3-26-20(24)15(10-14(2)27-17-6-9-25-12-17)13-28-19-11-16(23)4-5-18(19)22(7-8-22)21(28)29/h4-5,10-11,14,17,25,27H,3,6-9,12-13H2,1-2H3,(H2,24,26)/b15-10-. The highest BCUT2D eigenvalue weighted by atomic mass is 19.1. The van der Waals surface area contributed by atoms with Gasteiger partial charge in [-0.2, -0.15) is 0 Å². The molecule has 6 nitrogen and oxygen atoms in total. The SMILES string of the molecule is CCNC(=N)/C(=C\C(C)NC1CCNC1)CN1C(=O)C2(CC2)c2ccc(F)cc21. The zero-order valence-electron chi connectivity index (χ0n) is 17.1. The highest BCUT2D eigenvalue weighted by molar-refractivity contribution is 6.11. The van der Waals surface area contributed by atoms with E-state index in [0.717, 1.165) is 43.5 Å². The van der Waals surface area contributed by atoms with E-state index < -0.39 is 5.41 Å². The van der Waals surface area contributed by atoms with Crippen molar-refractivity contribution in [2.75, 3.05) is 31.1 Å². The maximum absolute atomic E-state index is 14.0. The second-order valence-corrected chi connectivity index (χ2v) is 8.38. The van der Waals surface area contributed by atoms with Gasteiger partial charge in [-0.15, -0.1) is 0 Å². The summed E-state index contributed by atoms with van der Waals surface area (Å²) < 4.78 is 14.0. The van der Waals surface area contributed by atoms with E-state index in [1.807, 2.05) is 13.0 Å². The van der Waals surface area contributed by atoms with E-state index in [4.69, 9.17) is 5.41 Å². The number of hydrogen-bond donors (Lipinski definition) is 4. The van der Waals surface area contributed by atoms with E-state index in [1.165, 1.54) is 12.1 Å². The molecule has 1 saturated carbocycles. The number of nitrogens with zero attached hydrogens (tertiary/aromatic N) is 1. The summed E-state index contributed by atoms with van der Waals surface area (Å²) >= 11 is 0. The summed E-state index contributed by atoms with van der Waals surface area (Å²) in [6, 6.07) is 5.13. The Hall–Kier alpha value is -2.25. The Labute approximate surface area is 171 Å². The molecule has 1 amide bonds. The molecule has 0 bridgehead atoms. The van der Waals surface area contributed by atoms with Crippen LogP contribution < -0.4 is 20.9 Å². The van der Waals surface area contributed by atoms with Crippen LogP contribution in [-0.4, -0.2) is 50.0 Å². The molecule has 1 aromatic rings. The van der Waals surface area contributed by atoms with Crippen molar-refractivity contribution in [3.8, 4) is 0 Å². The Bertz CT molecular complexity index is 842. The zero-order valence-corrected chi connectivity index (χ0v) is 17.1. The van der Waals surface area contributed by atoms with Gasteiger partial charge in [0, 0.05) is 30.7 Å². The Kier molecular flexibility index (Phi) is 5.44. The first kappa shape index (κ1) is 20.0. The molecule has 0 aromatic heterocycles. The Morgan fingerprint density at radius 1 is 1.48 bits per heavy atom. The van der Waals surface area contributed by atoms with Crippen molar-refractivity contribution in [1.29, 1.82) is 5.41 Å². The molecule has 1 aliphatic carbocycles. The number of carbonyl (C=O) groups is 1. The van der Waals surface area contributed by atoms with Gasteiger partial charge in [-0.25, -0.2) is 4.39 Å². The normalized spacial score (nSPS) is 23.4. The highest BCUT2D eigenvalue weighted by Crippen LogP contribution is 2.57. The highest BCUT2D eigenvalue weighted by Gasteiger charge is 2.59. The van der Waals surface area contributed by atoms with Crippen molar-refractivity contribution in [3.05, 3.63) is 41.2 Å². The summed E-state index contributed by atoms with van der Waals surface area (Å²) in [6.45, 7) is 6.88. The molecule has 2 unspecified atom stereocenters. The third kappa shape index (κ3) is 3.81. The van der Waals surface area contributed by atoms with E-state index in [9.17, 15) is 9.18 Å². The maximum Gasteiger partial charge on any atom is 0.238 e. The van der Waals surface area contributed by atoms with Gasteiger partial charge >= 0.3 is 0 Å². The van der Waals surface area contributed by atoms with Crippen LogP contribution in [0.15, 0.2) is 29.8 Å². The number of anilines is 1. The summed E-state index contributed by atoms with van der Waals surface area (Å²) in [7, 11) is 0. The molecule has 3 aliphatic rings. The lowest BCUT2D eigenvalue weighted by Gasteiger charge is -2.23. The molecule has 1 spiro atoms. The largest absolute Gasteiger partial charge is 0.371 e. The topological polar surface area (TPSA) is 80.2 Å². The number of likely N-dealkylation sites (N-methyl/N-ethyl adjacent to an activating group) is 1. The Morgan fingerprint density at radius 3 is 2.93 bits per heavy atom. The number of hydrogen-bond acceptors (Lipinski definition) is 4. The van der Waals surface area contributed by atoms with Gasteiger partial charge in [-0.05, 0) is 57.4 Å². The summed E-state index contributed by atoms with van der Waals surface area (Å²) in [5.74, 6) is 0.0115. The molecule has 4 rings (SSSR count). The van der Waals surface area contributed by atoms with Gasteiger partial charge in [0.25, 0.3) is 0 Å². The number of nitrogens with one attached hydrogen (secondary N) is 4. The van der Waals surface area contributed by atoms with Crippen LogP contribution in [0, 0.1) is 11.2 Å². The molecule has 2 aliphatic heterocycles. The van der Waals surface area contributed by atoms with Gasteiger partial charge in [0.1, 0.15) is 11.7 Å². The third-order valence-electron chi connectivity index (χ3n) is 6.18. The van der Waals surface area contributed by atoms with Crippen LogP contribution in [0.1, 0.15) is 38.7 Å². The van der Waals surface area contributed by atoms with Gasteiger partial charge in [0.15, 0.2) is 0 Å². The first-order valence-electron chi connectivity index (χ1n) is 10.6. The first-order valence-corrected chi connectivity index (χ1v) is 10.6. The average molecular weight is 400 g/mol. The van der Waals surface area contributed by atoms with Crippen molar-refractivity contribution < 1.29 is 9.18 Å². The third-order valence-corrected chi connectivity index (χ3v) is 6.18. The number of halogens is 1. The molecule has 2 heterocycles. The van der Waals surface area contributed by atoms with E-state index in [0.29, 0.717) is 24.1 Å². The Morgan fingerprint density at radius 2 is 2.28 bits per heavy atom. The molecule has 0 radical (unpaired) electrons. The lowest BCUT2D eigenvalue weighted by Crippen LogP contribution is -2.40. The van der Waals surface area contributed by atoms with Crippen molar-refractivity contribution in [3.63, 3.8) is 0 Å². The van der Waals surface area contributed by atoms with E-state index in [-0.39, 0.29) is 24.3 Å². The minimum atomic E-state index is -0.464. The number of fused-ring (bicyclic) bond motifs is 2. The minimum absolute atomic E-state index is 0.0360. The summed E-state index contributed by atoms with van der Waals surface area (Å²) in [6.07, 6.45) is 4.74. The van der Waals surface area contributed by atoms with Crippen LogP contribution >= 0.6 is 0 Å². The summed E-state index contributed by atoms with van der Waals surface area (Å²) in [4.78, 5) is 14.9. The average Bonchev–Trinajstić information content (AvgIpc) is 3.27. The van der Waals surface area contributed by atoms with Gasteiger partial charge in [0.2, 0.25) is 5.91 Å². The maximum atomic E-state index is 14.0. The predicted octanol–water partition coefficient (Wildman–Crippen LogP) is 2.06. The molecule has 4 N–H and O–H groups in total. The van der Waals surface area contributed by atoms with Crippen LogP contribution in [0.5, 0.6) is 0 Å². The fourth-order valence-corrected chi connectivity index (χ4v) is 4.58. The Balaban J connectivity index is 1.59. The van der Waals surface area contributed by atoms with Crippen LogP contribution in [0.2, 0.25) is 0 Å². The van der Waals surface area contributed by atoms with Crippen molar-refractivity contribution in [2.24, 2.45) is 0 Å². The van der Waals surface area contributed by atoms with E-state index in [2.05, 4.69) is 22.9 Å². The lowest BCUT2D eigenvalue weighted by atomic mass is 9.98. The van der Waals surface area contributed by atoms with Crippen LogP contribution in [0.25, 0.3) is 0 Å². The molecule has 156 valence electrons. The van der Waals surface area contributed by atoms with Crippen molar-refractivity contribution in [1.82, 2.24) is 16.0 Å². The fraction of sp³-hybridized carbons (Fsp3) is 0.545. The number of amidine groups is 1. The molecule has 29 heavy (non-hydrogen) atoms. The number of benzene rings is 1. The first-order chi connectivity index (χ1) is 13.9. The van der Waals surface area contributed by atoms with Gasteiger partial charge < -0.3 is 20.9 Å². The van der Waals surface area contributed by atoms with Crippen molar-refractivity contribution in [2.45, 2.75) is 50.6 Å². The molecule has 2 atom stereocenters. The molecule has 1 saturated heterocycles. The molecule has 1 aromatic carbocycles. The predicted molar refractivity (Wildman–Crippen MR) is 113 cm³/mol. The summed E-state index contributed by atoms with van der Waals surface area (Å²) in [5, 5.41) is 18.4. The summed E-state index contributed by atoms with van der Waals surface area (Å²) in [5.41, 5.74) is 1.87. The zero-order chi connectivity index (χ0) is 20.6. The monoisotopic (exact) mass is 399 g/mol. The van der Waals surface area contributed by atoms with Gasteiger partial charge in [-0.3, -0.25) is 10.2 Å². The van der Waals surface area contributed by atoms with Gasteiger partial charge in [-0.1, -0.05) is 12.1 Å². The number of rotatable bonds is 7. The van der Waals surface area contributed by atoms with Gasteiger partial charge in [0.05, 0.1) is 17.6 Å². The second-order valence-electron chi connectivity index (χ2n) is 8.38. The van der Waals surface area contributed by atoms with E-state index in [1.54, 1.807) is 11.0 Å². The number of carbonyl (C=O) groups excluding carboxylic acids is 1. The fourth-order valence-electron chi connectivity index (χ4n) is 4.58. The van der Waals surface area contributed by atoms with E-state index >= 15 is 0 Å². The second kappa shape index (κ2) is 7.88. The van der Waals surface area contributed by atoms with Crippen LogP contribution in [-0.2, 0) is 10.2 Å². The molecular formula is C22H30FN5O. The molecule has 2 fully saturated rings. The van der Waals surface area contributed by atoms with Crippen LogP contribution in [0.4, 0.5) is 10.1 Å². The molecule has 7 heteroatoms. The number of amides is 1.